The molecule has 0 unspecified atom stereocenters. The first-order valence-electron chi connectivity index (χ1n) is 4.06. The summed E-state index contributed by atoms with van der Waals surface area (Å²) < 4.78 is 12.9. The van der Waals surface area contributed by atoms with Crippen molar-refractivity contribution in [3.05, 3.63) is 34.6 Å². The molecule has 1 aromatic carbocycles. The number of nitrogens with one attached hydrogen (secondary N) is 1. The van der Waals surface area contributed by atoms with Crippen LogP contribution in [0.4, 0.5) is 10.1 Å². The van der Waals surface area contributed by atoms with E-state index in [1.165, 1.54) is 23.9 Å². The Hall–Kier alpha value is -1.47. The summed E-state index contributed by atoms with van der Waals surface area (Å²) in [5.41, 5.74) is 1.50. The van der Waals surface area contributed by atoms with Crippen molar-refractivity contribution in [2.75, 3.05) is 5.32 Å². The zero-order chi connectivity index (χ0) is 10.1. The maximum absolute atomic E-state index is 12.9. The molecule has 1 N–H and O–H groups in total. The molecule has 14 heavy (non-hydrogen) atoms. The number of benzene rings is 1. The van der Waals surface area contributed by atoms with Gasteiger partial charge in [-0.3, -0.25) is 0 Å². The second-order valence-electron chi connectivity index (χ2n) is 2.93. The average Bonchev–Trinajstić information content (AvgIpc) is 2.16. The van der Waals surface area contributed by atoms with Crippen LogP contribution in [0.3, 0.4) is 0 Å². The molecule has 0 aliphatic carbocycles. The fourth-order valence-corrected chi connectivity index (χ4v) is 2.07. The molecule has 1 aliphatic heterocycles. The van der Waals surface area contributed by atoms with Gasteiger partial charge in [-0.25, -0.2) is 4.39 Å². The second kappa shape index (κ2) is 3.35. The molecule has 0 bridgehead atoms. The van der Waals surface area contributed by atoms with Gasteiger partial charge < -0.3 is 5.32 Å². The minimum Gasteiger partial charge on any atom is -0.357 e. The predicted octanol–water partition coefficient (Wildman–Crippen LogP) is 3.10. The topological polar surface area (TPSA) is 35.8 Å². The molecule has 0 spiro atoms. The summed E-state index contributed by atoms with van der Waals surface area (Å²) in [6.07, 6.45) is 0. The van der Waals surface area contributed by atoms with E-state index in [9.17, 15) is 4.39 Å². The van der Waals surface area contributed by atoms with E-state index >= 15 is 0 Å². The van der Waals surface area contributed by atoms with Gasteiger partial charge >= 0.3 is 0 Å². The van der Waals surface area contributed by atoms with Crippen molar-refractivity contribution in [1.82, 2.24) is 0 Å². The Kier molecular flexibility index (Phi) is 2.18. The molecule has 0 amide bonds. The summed E-state index contributed by atoms with van der Waals surface area (Å²) >= 11 is 1.36. The summed E-state index contributed by atoms with van der Waals surface area (Å²) in [7, 11) is 0. The molecule has 0 fully saturated rings. The maximum Gasteiger partial charge on any atom is 0.125 e. The molecule has 2 nitrogen and oxygen atoms in total. The van der Waals surface area contributed by atoms with Gasteiger partial charge in [-0.2, -0.15) is 5.26 Å². The van der Waals surface area contributed by atoms with Gasteiger partial charge in [0, 0.05) is 10.6 Å². The Morgan fingerprint density at radius 1 is 1.50 bits per heavy atom. The van der Waals surface area contributed by atoms with E-state index in [2.05, 4.69) is 11.4 Å². The minimum absolute atomic E-state index is 0.273. The first-order chi connectivity index (χ1) is 6.70. The lowest BCUT2D eigenvalue weighted by molar-refractivity contribution is 0.627. The van der Waals surface area contributed by atoms with Gasteiger partial charge in [0.05, 0.1) is 5.69 Å². The minimum atomic E-state index is -0.273. The van der Waals surface area contributed by atoms with Gasteiger partial charge in [-0.1, -0.05) is 11.8 Å². The highest BCUT2D eigenvalue weighted by Gasteiger charge is 2.15. The van der Waals surface area contributed by atoms with Crippen LogP contribution in [0.2, 0.25) is 0 Å². The fourth-order valence-electron chi connectivity index (χ4n) is 1.24. The van der Waals surface area contributed by atoms with Crippen LogP contribution in [0.5, 0.6) is 0 Å². The van der Waals surface area contributed by atoms with Crippen molar-refractivity contribution >= 4 is 17.4 Å². The van der Waals surface area contributed by atoms with E-state index in [0.717, 1.165) is 16.3 Å². The van der Waals surface area contributed by atoms with Crippen LogP contribution >= 0.6 is 11.8 Å². The van der Waals surface area contributed by atoms with Crippen molar-refractivity contribution in [1.29, 1.82) is 5.26 Å². The summed E-state index contributed by atoms with van der Waals surface area (Å²) in [6.45, 7) is 1.80. The first kappa shape index (κ1) is 9.10. The SMILES string of the molecule is CC1=C(C#N)Sc2ccc(F)cc2N1. The van der Waals surface area contributed by atoms with Crippen molar-refractivity contribution in [2.24, 2.45) is 0 Å². The number of nitriles is 1. The van der Waals surface area contributed by atoms with Crippen molar-refractivity contribution in [2.45, 2.75) is 11.8 Å². The number of allylic oxidation sites excluding steroid dienone is 2. The Balaban J connectivity index is 2.45. The Labute approximate surface area is 85.4 Å². The van der Waals surface area contributed by atoms with Crippen LogP contribution in [-0.4, -0.2) is 0 Å². The second-order valence-corrected chi connectivity index (χ2v) is 3.99. The smallest absolute Gasteiger partial charge is 0.125 e. The molecule has 0 aromatic heterocycles. The molecule has 0 saturated heterocycles. The molecule has 1 heterocycles. The summed E-state index contributed by atoms with van der Waals surface area (Å²) in [6, 6.07) is 6.59. The number of hydrogen-bond donors (Lipinski definition) is 1. The Morgan fingerprint density at radius 2 is 2.29 bits per heavy atom. The van der Waals surface area contributed by atoms with E-state index in [1.54, 1.807) is 13.0 Å². The predicted molar refractivity (Wildman–Crippen MR) is 54.2 cm³/mol. The van der Waals surface area contributed by atoms with Crippen molar-refractivity contribution in [3.8, 4) is 6.07 Å². The normalized spacial score (nSPS) is 14.4. The molecule has 4 heteroatoms. The molecule has 2 rings (SSSR count). The van der Waals surface area contributed by atoms with E-state index in [1.807, 2.05) is 0 Å². The van der Waals surface area contributed by atoms with Gasteiger partial charge in [-0.15, -0.1) is 0 Å². The molecular weight excluding hydrogens is 199 g/mol. The largest absolute Gasteiger partial charge is 0.357 e. The zero-order valence-corrected chi connectivity index (χ0v) is 8.28. The molecule has 0 atom stereocenters. The van der Waals surface area contributed by atoms with E-state index in [-0.39, 0.29) is 5.82 Å². The Bertz CT molecular complexity index is 460. The number of fused-ring (bicyclic) bond motifs is 1. The summed E-state index contributed by atoms with van der Waals surface area (Å²) in [5.74, 6) is -0.273. The van der Waals surface area contributed by atoms with E-state index in [4.69, 9.17) is 5.26 Å². The van der Waals surface area contributed by atoms with Gasteiger partial charge in [0.15, 0.2) is 0 Å². The number of nitrogens with zero attached hydrogens (tertiary/aromatic N) is 1. The lowest BCUT2D eigenvalue weighted by Crippen LogP contribution is -2.04. The van der Waals surface area contributed by atoms with Crippen LogP contribution in [-0.2, 0) is 0 Å². The zero-order valence-electron chi connectivity index (χ0n) is 7.47. The molecule has 1 aliphatic rings. The van der Waals surface area contributed by atoms with Crippen molar-refractivity contribution in [3.63, 3.8) is 0 Å². The van der Waals surface area contributed by atoms with Crippen LogP contribution < -0.4 is 5.32 Å². The van der Waals surface area contributed by atoms with E-state index < -0.39 is 0 Å². The third-order valence-corrected chi connectivity index (χ3v) is 3.10. The molecular formula is C10H7FN2S. The highest BCUT2D eigenvalue weighted by Crippen LogP contribution is 2.39. The van der Waals surface area contributed by atoms with Gasteiger partial charge in [0.25, 0.3) is 0 Å². The Morgan fingerprint density at radius 3 is 3.00 bits per heavy atom. The highest BCUT2D eigenvalue weighted by molar-refractivity contribution is 8.03. The van der Waals surface area contributed by atoms with Gasteiger partial charge in [-0.05, 0) is 25.1 Å². The highest BCUT2D eigenvalue weighted by atomic mass is 32.2. The fraction of sp³-hybridized carbons (Fsp3) is 0.100. The van der Waals surface area contributed by atoms with Gasteiger partial charge in [0.1, 0.15) is 16.8 Å². The molecule has 1 aromatic rings. The molecule has 0 radical (unpaired) electrons. The van der Waals surface area contributed by atoms with Crippen LogP contribution in [0.25, 0.3) is 0 Å². The number of anilines is 1. The first-order valence-corrected chi connectivity index (χ1v) is 4.88. The lowest BCUT2D eigenvalue weighted by Gasteiger charge is -2.18. The number of halogens is 1. The third kappa shape index (κ3) is 1.47. The maximum atomic E-state index is 12.9. The summed E-state index contributed by atoms with van der Waals surface area (Å²) in [4.78, 5) is 1.51. The monoisotopic (exact) mass is 206 g/mol. The number of hydrogen-bond acceptors (Lipinski definition) is 3. The molecule has 0 saturated carbocycles. The standard InChI is InChI=1S/C10H7FN2S/c1-6-10(5-12)14-9-3-2-7(11)4-8(9)13-6/h2-4,13H,1H3. The average molecular weight is 206 g/mol. The number of thioether (sulfide) groups is 1. The van der Waals surface area contributed by atoms with Crippen LogP contribution in [0.1, 0.15) is 6.92 Å². The number of rotatable bonds is 0. The molecule has 70 valence electrons. The quantitative estimate of drug-likeness (QED) is 0.708. The summed E-state index contributed by atoms with van der Waals surface area (Å²) in [5, 5.41) is 11.8. The third-order valence-electron chi connectivity index (χ3n) is 1.92. The van der Waals surface area contributed by atoms with Gasteiger partial charge in [0.2, 0.25) is 0 Å². The lowest BCUT2D eigenvalue weighted by atomic mass is 10.3. The van der Waals surface area contributed by atoms with E-state index in [0.29, 0.717) is 4.91 Å². The van der Waals surface area contributed by atoms with Crippen LogP contribution in [0, 0.1) is 17.1 Å². The van der Waals surface area contributed by atoms with Crippen molar-refractivity contribution < 1.29 is 4.39 Å². The van der Waals surface area contributed by atoms with Crippen LogP contribution in [0.15, 0.2) is 33.7 Å².